The van der Waals surface area contributed by atoms with E-state index < -0.39 is 0 Å². The Balaban J connectivity index is 2.07. The minimum absolute atomic E-state index is 0.952. The number of fused-ring (bicyclic) bond motifs is 3. The summed E-state index contributed by atoms with van der Waals surface area (Å²) in [6, 6.07) is 14.5. The summed E-state index contributed by atoms with van der Waals surface area (Å²) < 4.78 is 5.97. The Labute approximate surface area is 112 Å². The van der Waals surface area contributed by atoms with Gasteiger partial charge in [0, 0.05) is 16.3 Å². The normalized spacial score (nSPS) is 11.8. The molecule has 0 fully saturated rings. The molecule has 2 heteroatoms. The molecule has 2 aromatic carbocycles. The lowest BCUT2D eigenvalue weighted by molar-refractivity contribution is 0.668. The zero-order chi connectivity index (χ0) is 13.1. The highest BCUT2D eigenvalue weighted by Gasteiger charge is 2.07. The van der Waals surface area contributed by atoms with Gasteiger partial charge in [-0.2, -0.15) is 0 Å². The molecule has 3 rings (SSSR count). The first-order chi connectivity index (χ1) is 9.40. The third-order valence-electron chi connectivity index (χ3n) is 3.29. The van der Waals surface area contributed by atoms with Crippen molar-refractivity contribution in [2.45, 2.75) is 6.42 Å². The Morgan fingerprint density at radius 3 is 2.79 bits per heavy atom. The van der Waals surface area contributed by atoms with Crippen molar-refractivity contribution < 1.29 is 4.42 Å². The summed E-state index contributed by atoms with van der Waals surface area (Å²) in [6.45, 7) is 0.993. The zero-order valence-corrected chi connectivity index (χ0v) is 11.0. The molecule has 19 heavy (non-hydrogen) atoms. The lowest BCUT2D eigenvalue weighted by Crippen LogP contribution is -2.05. The van der Waals surface area contributed by atoms with Gasteiger partial charge in [-0.3, -0.25) is 0 Å². The number of benzene rings is 2. The van der Waals surface area contributed by atoms with Crippen LogP contribution in [0.25, 0.3) is 28.0 Å². The van der Waals surface area contributed by atoms with E-state index in [4.69, 9.17) is 4.42 Å². The van der Waals surface area contributed by atoms with Crippen molar-refractivity contribution in [3.05, 3.63) is 54.1 Å². The van der Waals surface area contributed by atoms with Crippen LogP contribution in [-0.2, 0) is 0 Å². The van der Waals surface area contributed by atoms with Gasteiger partial charge in [0.25, 0.3) is 0 Å². The first kappa shape index (κ1) is 12.0. The molecule has 3 aromatic rings. The van der Waals surface area contributed by atoms with E-state index in [-0.39, 0.29) is 0 Å². The molecule has 0 spiro atoms. The van der Waals surface area contributed by atoms with E-state index in [0.29, 0.717) is 0 Å². The molecule has 2 nitrogen and oxygen atoms in total. The number of para-hydroxylation sites is 2. The maximum atomic E-state index is 5.97. The van der Waals surface area contributed by atoms with Crippen LogP contribution in [-0.4, -0.2) is 13.6 Å². The Kier molecular flexibility index (Phi) is 3.34. The van der Waals surface area contributed by atoms with Crippen LogP contribution in [0.5, 0.6) is 0 Å². The van der Waals surface area contributed by atoms with Crippen molar-refractivity contribution in [3.8, 4) is 0 Å². The molecule has 1 heterocycles. The number of furan rings is 1. The van der Waals surface area contributed by atoms with E-state index in [1.807, 2.05) is 25.2 Å². The van der Waals surface area contributed by atoms with E-state index in [1.165, 1.54) is 10.8 Å². The maximum absolute atomic E-state index is 5.97. The van der Waals surface area contributed by atoms with Gasteiger partial charge >= 0.3 is 0 Å². The number of hydrogen-bond acceptors (Lipinski definition) is 2. The van der Waals surface area contributed by atoms with Crippen molar-refractivity contribution in [1.29, 1.82) is 0 Å². The Morgan fingerprint density at radius 2 is 1.89 bits per heavy atom. The Bertz CT molecular complexity index is 724. The van der Waals surface area contributed by atoms with Crippen molar-refractivity contribution in [2.75, 3.05) is 13.6 Å². The number of nitrogens with one attached hydrogen (secondary N) is 1. The van der Waals surface area contributed by atoms with E-state index >= 15 is 0 Å². The summed E-state index contributed by atoms with van der Waals surface area (Å²) in [6.07, 6.45) is 5.34. The summed E-state index contributed by atoms with van der Waals surface area (Å²) in [4.78, 5) is 0. The molecule has 0 unspecified atom stereocenters. The second-order valence-corrected chi connectivity index (χ2v) is 4.62. The van der Waals surface area contributed by atoms with Crippen LogP contribution in [0.2, 0.25) is 0 Å². The zero-order valence-electron chi connectivity index (χ0n) is 11.0. The monoisotopic (exact) mass is 251 g/mol. The van der Waals surface area contributed by atoms with Gasteiger partial charge < -0.3 is 9.73 Å². The Morgan fingerprint density at radius 1 is 1.05 bits per heavy atom. The van der Waals surface area contributed by atoms with Crippen LogP contribution in [0.1, 0.15) is 12.0 Å². The summed E-state index contributed by atoms with van der Waals surface area (Å²) in [5.41, 5.74) is 3.07. The topological polar surface area (TPSA) is 25.2 Å². The van der Waals surface area contributed by atoms with E-state index in [9.17, 15) is 0 Å². The quantitative estimate of drug-likeness (QED) is 0.703. The summed E-state index contributed by atoms with van der Waals surface area (Å²) >= 11 is 0. The van der Waals surface area contributed by atoms with Crippen LogP contribution in [0.15, 0.2) is 53.0 Å². The fourth-order valence-corrected chi connectivity index (χ4v) is 2.34. The first-order valence-electron chi connectivity index (χ1n) is 6.61. The molecule has 0 aliphatic carbocycles. The minimum atomic E-state index is 0.952. The molecule has 0 bridgehead atoms. The average molecular weight is 251 g/mol. The van der Waals surface area contributed by atoms with E-state index in [2.05, 4.69) is 41.7 Å². The predicted octanol–water partition coefficient (Wildman–Crippen LogP) is 4.21. The molecule has 0 aliphatic rings. The van der Waals surface area contributed by atoms with Crippen LogP contribution >= 0.6 is 0 Å². The number of hydrogen-bond donors (Lipinski definition) is 1. The summed E-state index contributed by atoms with van der Waals surface area (Å²) in [5, 5.41) is 5.51. The summed E-state index contributed by atoms with van der Waals surface area (Å²) in [5.74, 6) is 0. The predicted molar refractivity (Wildman–Crippen MR) is 81.3 cm³/mol. The Hall–Kier alpha value is -2.06. The van der Waals surface area contributed by atoms with Crippen molar-refractivity contribution in [3.63, 3.8) is 0 Å². The molecule has 0 amide bonds. The van der Waals surface area contributed by atoms with Gasteiger partial charge in [-0.25, -0.2) is 0 Å². The van der Waals surface area contributed by atoms with Gasteiger partial charge in [0.05, 0.1) is 0 Å². The third kappa shape index (κ3) is 2.27. The fourth-order valence-electron chi connectivity index (χ4n) is 2.34. The molecule has 0 atom stereocenters. The number of rotatable bonds is 4. The van der Waals surface area contributed by atoms with Crippen LogP contribution in [0.3, 0.4) is 0 Å². The van der Waals surface area contributed by atoms with Gasteiger partial charge in [-0.05, 0) is 26.1 Å². The van der Waals surface area contributed by atoms with Gasteiger partial charge in [-0.1, -0.05) is 48.6 Å². The lowest BCUT2D eigenvalue weighted by atomic mass is 10.1. The van der Waals surface area contributed by atoms with Crippen LogP contribution in [0, 0.1) is 0 Å². The van der Waals surface area contributed by atoms with Crippen molar-refractivity contribution in [1.82, 2.24) is 5.32 Å². The molecule has 0 aliphatic heterocycles. The molecule has 0 saturated carbocycles. The lowest BCUT2D eigenvalue weighted by Gasteiger charge is -1.96. The maximum Gasteiger partial charge on any atom is 0.142 e. The molecule has 0 radical (unpaired) electrons. The van der Waals surface area contributed by atoms with Gasteiger partial charge in [0.1, 0.15) is 11.2 Å². The standard InChI is InChI=1S/C17H17NO/c1-18-12-5-4-7-13-8-6-10-15-14-9-2-3-11-16(14)19-17(13)15/h2-4,6-11,18H,5,12H2,1H3. The molecule has 0 saturated heterocycles. The highest BCUT2D eigenvalue weighted by molar-refractivity contribution is 6.07. The largest absolute Gasteiger partial charge is 0.455 e. The van der Waals surface area contributed by atoms with Gasteiger partial charge in [-0.15, -0.1) is 0 Å². The molecule has 96 valence electrons. The molecular formula is C17H17NO. The third-order valence-corrected chi connectivity index (χ3v) is 3.29. The highest BCUT2D eigenvalue weighted by atomic mass is 16.3. The SMILES string of the molecule is CNCCC=Cc1cccc2c1oc1ccccc12. The second kappa shape index (κ2) is 5.29. The van der Waals surface area contributed by atoms with Crippen molar-refractivity contribution in [2.24, 2.45) is 0 Å². The highest BCUT2D eigenvalue weighted by Crippen LogP contribution is 2.31. The van der Waals surface area contributed by atoms with Crippen LogP contribution < -0.4 is 5.32 Å². The van der Waals surface area contributed by atoms with Crippen molar-refractivity contribution >= 4 is 28.0 Å². The smallest absolute Gasteiger partial charge is 0.142 e. The molecule has 1 aromatic heterocycles. The van der Waals surface area contributed by atoms with Gasteiger partial charge in [0.15, 0.2) is 0 Å². The summed E-state index contributed by atoms with van der Waals surface area (Å²) in [7, 11) is 1.97. The van der Waals surface area contributed by atoms with E-state index in [1.54, 1.807) is 0 Å². The second-order valence-electron chi connectivity index (χ2n) is 4.62. The molecular weight excluding hydrogens is 234 g/mol. The average Bonchev–Trinajstić information content (AvgIpc) is 2.83. The van der Waals surface area contributed by atoms with E-state index in [0.717, 1.165) is 29.7 Å². The molecule has 1 N–H and O–H groups in total. The first-order valence-corrected chi connectivity index (χ1v) is 6.61. The van der Waals surface area contributed by atoms with Crippen LogP contribution in [0.4, 0.5) is 0 Å². The van der Waals surface area contributed by atoms with Gasteiger partial charge in [0.2, 0.25) is 0 Å². The minimum Gasteiger partial charge on any atom is -0.455 e. The fraction of sp³-hybridized carbons (Fsp3) is 0.176.